The van der Waals surface area contributed by atoms with Crippen molar-refractivity contribution in [1.29, 1.82) is 0 Å². The van der Waals surface area contributed by atoms with Crippen LogP contribution in [0.4, 0.5) is 5.82 Å². The number of carbonyl (C=O) groups excluding carboxylic acids is 1. The van der Waals surface area contributed by atoms with Crippen LogP contribution in [0.5, 0.6) is 5.75 Å². The van der Waals surface area contributed by atoms with E-state index in [-0.39, 0.29) is 12.5 Å². The number of amides is 1. The van der Waals surface area contributed by atoms with Crippen LogP contribution in [0, 0.1) is 11.6 Å². The van der Waals surface area contributed by atoms with Crippen molar-refractivity contribution in [3.8, 4) is 5.75 Å². The number of rotatable bonds is 12. The Balaban J connectivity index is 2.64. The molecule has 0 bridgehead atoms. The number of benzene rings is 1. The third kappa shape index (κ3) is 5.75. The third-order valence-corrected chi connectivity index (χ3v) is 5.90. The Morgan fingerprint density at radius 3 is 2.81 bits per heavy atom. The van der Waals surface area contributed by atoms with Crippen molar-refractivity contribution in [3.63, 3.8) is 0 Å². The van der Waals surface area contributed by atoms with Crippen molar-refractivity contribution in [2.75, 3.05) is 32.6 Å². The summed E-state index contributed by atoms with van der Waals surface area (Å²) in [6.07, 6.45) is 6.30. The van der Waals surface area contributed by atoms with E-state index in [9.17, 15) is 9.90 Å². The summed E-state index contributed by atoms with van der Waals surface area (Å²) in [4.78, 5) is 19.9. The summed E-state index contributed by atoms with van der Waals surface area (Å²) in [5.41, 5.74) is 2.10. The highest BCUT2D eigenvalue weighted by atomic mass is 32.1. The van der Waals surface area contributed by atoms with Crippen LogP contribution in [-0.2, 0) is 11.4 Å². The van der Waals surface area contributed by atoms with Crippen LogP contribution in [0.25, 0.3) is 0 Å². The molecule has 0 spiro atoms. The number of nitrogens with zero attached hydrogens (tertiary/aromatic N) is 3. The maximum atomic E-state index is 13.7. The van der Waals surface area contributed by atoms with Crippen molar-refractivity contribution in [3.05, 3.63) is 58.5 Å². The van der Waals surface area contributed by atoms with E-state index in [1.807, 2.05) is 32.2 Å². The number of hydrogen-bond acceptors (Lipinski definition) is 6. The molecular formula is C24H34N4O3S. The normalized spacial score (nSPS) is 11.7. The molecule has 0 saturated carbocycles. The van der Waals surface area contributed by atoms with E-state index in [1.165, 1.54) is 0 Å². The monoisotopic (exact) mass is 458 g/mol. The fourth-order valence-corrected chi connectivity index (χ4v) is 3.92. The number of anilines is 1. The van der Waals surface area contributed by atoms with Gasteiger partial charge in [-0.3, -0.25) is 4.79 Å². The molecule has 32 heavy (non-hydrogen) atoms. The van der Waals surface area contributed by atoms with Gasteiger partial charge in [0.25, 0.3) is 0 Å². The summed E-state index contributed by atoms with van der Waals surface area (Å²) in [5, 5.41) is 12.9. The highest BCUT2D eigenvalue weighted by Crippen LogP contribution is 2.31. The van der Waals surface area contributed by atoms with Gasteiger partial charge in [-0.15, -0.1) is 0 Å². The smallest absolute Gasteiger partial charge is 0.250 e. The van der Waals surface area contributed by atoms with Gasteiger partial charge in [-0.25, -0.2) is 4.98 Å². The van der Waals surface area contributed by atoms with E-state index in [0.29, 0.717) is 34.9 Å². The van der Waals surface area contributed by atoms with Crippen LogP contribution in [0.15, 0.2) is 37.2 Å². The number of aliphatic hydroxyl groups excluding tert-OH is 1. The van der Waals surface area contributed by atoms with E-state index < -0.39 is 6.04 Å². The number of unbranched alkanes of at least 4 members (excludes halogenated alkanes) is 2. The lowest BCUT2D eigenvalue weighted by Crippen LogP contribution is -2.36. The molecule has 7 nitrogen and oxygen atoms in total. The summed E-state index contributed by atoms with van der Waals surface area (Å²) in [5.74, 6) is 1.09. The minimum Gasteiger partial charge on any atom is -0.489 e. The Kier molecular flexibility index (Phi) is 9.87. The first-order valence-corrected chi connectivity index (χ1v) is 11.3. The molecular weight excluding hydrogens is 424 g/mol. The SMILES string of the molecule is C=CCOc1cccc(C(C(=O)N(C)CCCCC)n2cnc(NC)c(CO)c2=S)c1C. The lowest BCUT2D eigenvalue weighted by molar-refractivity contribution is -0.132. The first-order chi connectivity index (χ1) is 15.4. The van der Waals surface area contributed by atoms with Crippen LogP contribution in [0.2, 0.25) is 0 Å². The molecule has 0 saturated heterocycles. The van der Waals surface area contributed by atoms with Gasteiger partial charge in [-0.05, 0) is 30.5 Å². The zero-order valence-corrected chi connectivity index (χ0v) is 20.2. The average molecular weight is 459 g/mol. The maximum absolute atomic E-state index is 13.7. The second kappa shape index (κ2) is 12.4. The third-order valence-electron chi connectivity index (χ3n) is 5.45. The number of carbonyl (C=O) groups is 1. The van der Waals surface area contributed by atoms with Crippen LogP contribution in [-0.4, -0.2) is 52.7 Å². The summed E-state index contributed by atoms with van der Waals surface area (Å²) in [6.45, 7) is 8.50. The predicted octanol–water partition coefficient (Wildman–Crippen LogP) is 4.26. The van der Waals surface area contributed by atoms with E-state index in [2.05, 4.69) is 23.8 Å². The van der Waals surface area contributed by atoms with Crippen LogP contribution < -0.4 is 10.1 Å². The standard InChI is InChI=1S/C24H34N4O3S/c1-6-8-9-13-27(5)23(30)21(18-11-10-12-20(17(18)3)31-14-7-2)28-16-26-22(25-4)19(15-29)24(28)32/h7,10-12,16,21,25,29H,2,6,8-9,13-15H2,1,3-5H3. The summed E-state index contributed by atoms with van der Waals surface area (Å²) in [7, 11) is 3.53. The largest absolute Gasteiger partial charge is 0.489 e. The van der Waals surface area contributed by atoms with Gasteiger partial charge in [0.2, 0.25) is 5.91 Å². The first kappa shape index (κ1) is 25.5. The fourth-order valence-electron chi connectivity index (χ4n) is 3.60. The Labute approximate surface area is 195 Å². The second-order valence-electron chi connectivity index (χ2n) is 7.63. The molecule has 0 radical (unpaired) electrons. The van der Waals surface area contributed by atoms with Gasteiger partial charge in [0.1, 0.15) is 28.9 Å². The zero-order valence-electron chi connectivity index (χ0n) is 19.4. The summed E-state index contributed by atoms with van der Waals surface area (Å²) < 4.78 is 7.83. The number of ether oxygens (including phenoxy) is 1. The molecule has 0 aliphatic carbocycles. The Morgan fingerprint density at radius 2 is 2.19 bits per heavy atom. The van der Waals surface area contributed by atoms with Crippen LogP contribution >= 0.6 is 12.2 Å². The minimum atomic E-state index is -0.731. The van der Waals surface area contributed by atoms with E-state index in [4.69, 9.17) is 17.0 Å². The van der Waals surface area contributed by atoms with Crippen molar-refractivity contribution >= 4 is 23.9 Å². The van der Waals surface area contributed by atoms with Gasteiger partial charge in [0.15, 0.2) is 0 Å². The highest BCUT2D eigenvalue weighted by Gasteiger charge is 2.29. The quantitative estimate of drug-likeness (QED) is 0.281. The van der Waals surface area contributed by atoms with Gasteiger partial charge >= 0.3 is 0 Å². The number of hydrogen-bond donors (Lipinski definition) is 2. The van der Waals surface area contributed by atoms with Gasteiger partial charge in [0.05, 0.1) is 18.5 Å². The molecule has 1 heterocycles. The summed E-state index contributed by atoms with van der Waals surface area (Å²) >= 11 is 5.69. The fraction of sp³-hybridized carbons (Fsp3) is 0.458. The lowest BCUT2D eigenvalue weighted by atomic mass is 9.98. The molecule has 1 atom stereocenters. The zero-order chi connectivity index (χ0) is 23.7. The van der Waals surface area contributed by atoms with Gasteiger partial charge < -0.3 is 24.6 Å². The van der Waals surface area contributed by atoms with Crippen molar-refractivity contribution < 1.29 is 14.6 Å². The molecule has 0 aliphatic rings. The van der Waals surface area contributed by atoms with E-state index >= 15 is 0 Å². The number of aliphatic hydroxyl groups is 1. The minimum absolute atomic E-state index is 0.0935. The Hall–Kier alpha value is -2.71. The average Bonchev–Trinajstić information content (AvgIpc) is 2.80. The molecule has 0 aliphatic heterocycles. The topological polar surface area (TPSA) is 79.6 Å². The van der Waals surface area contributed by atoms with E-state index in [1.54, 1.807) is 28.9 Å². The van der Waals surface area contributed by atoms with E-state index in [0.717, 1.165) is 30.4 Å². The van der Waals surface area contributed by atoms with Crippen molar-refractivity contribution in [1.82, 2.24) is 14.5 Å². The van der Waals surface area contributed by atoms with Crippen LogP contribution in [0.1, 0.15) is 48.9 Å². The highest BCUT2D eigenvalue weighted by molar-refractivity contribution is 7.71. The van der Waals surface area contributed by atoms with Gasteiger partial charge in [0, 0.05) is 20.6 Å². The second-order valence-corrected chi connectivity index (χ2v) is 8.02. The van der Waals surface area contributed by atoms with Crippen molar-refractivity contribution in [2.24, 2.45) is 0 Å². The summed E-state index contributed by atoms with van der Waals surface area (Å²) in [6, 6.07) is 4.91. The molecule has 1 unspecified atom stereocenters. The van der Waals surface area contributed by atoms with Crippen LogP contribution in [0.3, 0.4) is 0 Å². The number of nitrogens with one attached hydrogen (secondary N) is 1. The molecule has 8 heteroatoms. The molecule has 2 rings (SSSR count). The molecule has 2 aromatic rings. The maximum Gasteiger partial charge on any atom is 0.250 e. The molecule has 1 aromatic heterocycles. The van der Waals surface area contributed by atoms with Crippen molar-refractivity contribution in [2.45, 2.75) is 45.8 Å². The van der Waals surface area contributed by atoms with Gasteiger partial charge in [-0.1, -0.05) is 56.8 Å². The predicted molar refractivity (Wildman–Crippen MR) is 131 cm³/mol. The Morgan fingerprint density at radius 1 is 1.44 bits per heavy atom. The van der Waals surface area contributed by atoms with Gasteiger partial charge in [-0.2, -0.15) is 0 Å². The molecule has 1 amide bonds. The molecule has 0 fully saturated rings. The molecule has 1 aromatic carbocycles. The number of aromatic nitrogens is 2. The molecule has 2 N–H and O–H groups in total. The Bertz CT molecular complexity index is 990. The molecule has 174 valence electrons. The lowest BCUT2D eigenvalue weighted by Gasteiger charge is -2.28. The number of likely N-dealkylation sites (N-methyl/N-ethyl adjacent to an activating group) is 1. The first-order valence-electron chi connectivity index (χ1n) is 10.9.